The molecule has 1 aromatic heterocycles. The number of halogens is 3. The molecule has 1 aliphatic rings. The van der Waals surface area contributed by atoms with E-state index in [1.165, 1.54) is 28.1 Å². The Morgan fingerprint density at radius 2 is 1.67 bits per heavy atom. The lowest BCUT2D eigenvalue weighted by Crippen LogP contribution is -2.24. The van der Waals surface area contributed by atoms with Crippen LogP contribution in [0.3, 0.4) is 0 Å². The Balaban J connectivity index is 0.000000218. The smallest absolute Gasteiger partial charge is 0.383 e. The maximum atomic E-state index is 12.0. The highest BCUT2D eigenvalue weighted by molar-refractivity contribution is 5.92. The van der Waals surface area contributed by atoms with Gasteiger partial charge in [0.2, 0.25) is 5.95 Å². The summed E-state index contributed by atoms with van der Waals surface area (Å²) in [6.07, 6.45) is 0.343. The molecule has 4 rings (SSSR count). The van der Waals surface area contributed by atoms with Gasteiger partial charge >= 0.3 is 6.18 Å². The molecule has 0 fully saturated rings. The Morgan fingerprint density at radius 3 is 2.24 bits per heavy atom. The number of nitrogens with two attached hydrogens (primary N) is 2. The summed E-state index contributed by atoms with van der Waals surface area (Å²) in [5.41, 5.74) is 16.4. The minimum atomic E-state index is -4.53. The second-order valence-corrected chi connectivity index (χ2v) is 7.37. The molecule has 0 aliphatic carbocycles. The predicted octanol–water partition coefficient (Wildman–Crippen LogP) is 6.15. The number of aryl methyl sites for hydroxylation is 1. The van der Waals surface area contributed by atoms with Crippen molar-refractivity contribution in [3.05, 3.63) is 89.3 Å². The van der Waals surface area contributed by atoms with Gasteiger partial charge in [0.25, 0.3) is 0 Å². The molecule has 172 valence electrons. The number of aromatic nitrogens is 2. The Labute approximate surface area is 191 Å². The SMILES string of the molecule is C=C1c2c(cccc2CC)C=C(CC)N1c1ccccc1.Nc1ncc(C(F)(F)F)c(N)n1. The first-order chi connectivity index (χ1) is 15.7. The summed E-state index contributed by atoms with van der Waals surface area (Å²) in [6, 6.07) is 17.1. The van der Waals surface area contributed by atoms with Gasteiger partial charge in [-0.3, -0.25) is 0 Å². The highest BCUT2D eigenvalue weighted by atomic mass is 19.4. The van der Waals surface area contributed by atoms with Gasteiger partial charge < -0.3 is 16.4 Å². The third-order valence-corrected chi connectivity index (χ3v) is 5.25. The molecule has 33 heavy (non-hydrogen) atoms. The van der Waals surface area contributed by atoms with E-state index in [2.05, 4.69) is 89.9 Å². The number of para-hydroxylation sites is 1. The van der Waals surface area contributed by atoms with Crippen LogP contribution in [0, 0.1) is 0 Å². The fraction of sp³-hybridized carbons (Fsp3) is 0.200. The molecule has 0 bridgehead atoms. The Morgan fingerprint density at radius 1 is 0.970 bits per heavy atom. The molecule has 0 atom stereocenters. The molecule has 0 amide bonds. The van der Waals surface area contributed by atoms with E-state index in [9.17, 15) is 13.2 Å². The van der Waals surface area contributed by atoms with Gasteiger partial charge in [0.15, 0.2) is 0 Å². The van der Waals surface area contributed by atoms with Crippen LogP contribution < -0.4 is 16.4 Å². The zero-order valence-corrected chi connectivity index (χ0v) is 18.5. The summed E-state index contributed by atoms with van der Waals surface area (Å²) in [7, 11) is 0. The first kappa shape index (κ1) is 23.8. The van der Waals surface area contributed by atoms with E-state index in [-0.39, 0.29) is 5.95 Å². The summed E-state index contributed by atoms with van der Waals surface area (Å²) in [4.78, 5) is 8.63. The number of benzene rings is 2. The number of allylic oxidation sites excluding steroid dienone is 1. The Kier molecular flexibility index (Phi) is 7.06. The van der Waals surface area contributed by atoms with Gasteiger partial charge in [-0.2, -0.15) is 18.2 Å². The second kappa shape index (κ2) is 9.77. The molecular formula is C25H26F3N5. The van der Waals surface area contributed by atoms with Gasteiger partial charge in [-0.1, -0.05) is 56.8 Å². The van der Waals surface area contributed by atoms with E-state index in [1.807, 2.05) is 0 Å². The third kappa shape index (κ3) is 5.16. The van der Waals surface area contributed by atoms with Gasteiger partial charge in [-0.25, -0.2) is 4.98 Å². The van der Waals surface area contributed by atoms with Gasteiger partial charge in [0.1, 0.15) is 11.4 Å². The largest absolute Gasteiger partial charge is 0.421 e. The van der Waals surface area contributed by atoms with Crippen molar-refractivity contribution in [1.82, 2.24) is 9.97 Å². The lowest BCUT2D eigenvalue weighted by atomic mass is 9.91. The predicted molar refractivity (Wildman–Crippen MR) is 128 cm³/mol. The zero-order chi connectivity index (χ0) is 24.2. The van der Waals surface area contributed by atoms with Gasteiger partial charge in [0.05, 0.1) is 0 Å². The molecule has 8 heteroatoms. The van der Waals surface area contributed by atoms with Crippen molar-refractivity contribution in [1.29, 1.82) is 0 Å². The summed E-state index contributed by atoms with van der Waals surface area (Å²) in [5.74, 6) is -0.935. The van der Waals surface area contributed by atoms with Crippen molar-refractivity contribution < 1.29 is 13.2 Å². The topological polar surface area (TPSA) is 81.1 Å². The maximum Gasteiger partial charge on any atom is 0.421 e. The van der Waals surface area contributed by atoms with Crippen LogP contribution in [-0.4, -0.2) is 9.97 Å². The highest BCUT2D eigenvalue weighted by Crippen LogP contribution is 2.39. The van der Waals surface area contributed by atoms with Gasteiger partial charge in [-0.15, -0.1) is 0 Å². The molecule has 5 nitrogen and oxygen atoms in total. The number of nitrogens with zero attached hydrogens (tertiary/aromatic N) is 3. The van der Waals surface area contributed by atoms with Crippen molar-refractivity contribution in [3.8, 4) is 0 Å². The van der Waals surface area contributed by atoms with Crippen LogP contribution in [0.25, 0.3) is 11.8 Å². The zero-order valence-electron chi connectivity index (χ0n) is 18.5. The van der Waals surface area contributed by atoms with Crippen LogP contribution in [0.1, 0.15) is 42.5 Å². The summed E-state index contributed by atoms with van der Waals surface area (Å²) < 4.78 is 35.9. The minimum Gasteiger partial charge on any atom is -0.383 e. The third-order valence-electron chi connectivity index (χ3n) is 5.25. The number of nitrogen functional groups attached to an aromatic ring is 2. The van der Waals surface area contributed by atoms with Gasteiger partial charge in [0, 0.05) is 28.8 Å². The van der Waals surface area contributed by atoms with E-state index in [0.29, 0.717) is 6.20 Å². The van der Waals surface area contributed by atoms with Crippen molar-refractivity contribution >= 4 is 29.2 Å². The van der Waals surface area contributed by atoms with Crippen LogP contribution in [0.15, 0.2) is 67.0 Å². The number of hydrogen-bond acceptors (Lipinski definition) is 5. The minimum absolute atomic E-state index is 0.277. The number of rotatable bonds is 3. The average Bonchev–Trinajstić information content (AvgIpc) is 2.78. The fourth-order valence-corrected chi connectivity index (χ4v) is 3.70. The van der Waals surface area contributed by atoms with Crippen molar-refractivity contribution in [2.75, 3.05) is 16.4 Å². The lowest BCUT2D eigenvalue weighted by Gasteiger charge is -2.34. The van der Waals surface area contributed by atoms with Crippen LogP contribution in [0.5, 0.6) is 0 Å². The van der Waals surface area contributed by atoms with Crippen LogP contribution in [-0.2, 0) is 12.6 Å². The van der Waals surface area contributed by atoms with Crippen molar-refractivity contribution in [3.63, 3.8) is 0 Å². The summed E-state index contributed by atoms with van der Waals surface area (Å²) in [6.45, 7) is 8.81. The second-order valence-electron chi connectivity index (χ2n) is 7.37. The molecular weight excluding hydrogens is 427 g/mol. The monoisotopic (exact) mass is 453 g/mol. The van der Waals surface area contributed by atoms with E-state index in [1.54, 1.807) is 0 Å². The first-order valence-corrected chi connectivity index (χ1v) is 10.5. The summed E-state index contributed by atoms with van der Waals surface area (Å²) in [5, 5.41) is 0. The number of alkyl halides is 3. The molecule has 0 spiro atoms. The van der Waals surface area contributed by atoms with Crippen molar-refractivity contribution in [2.45, 2.75) is 32.9 Å². The molecule has 0 saturated carbocycles. The standard InChI is InChI=1S/C20H21N.C5H5F3N4/c1-4-16-10-9-11-17-14-18(5-2)21(15(3)20(16)17)19-12-7-6-8-13-19;6-5(7,8)2-1-11-4(10)12-3(2)9/h6-14H,3-5H2,1-2H3;1H,(H4,9,10,11,12). The molecule has 0 unspecified atom stereocenters. The maximum absolute atomic E-state index is 12.0. The Bertz CT molecular complexity index is 1170. The molecule has 0 radical (unpaired) electrons. The van der Waals surface area contributed by atoms with E-state index in [4.69, 9.17) is 11.5 Å². The molecule has 2 aromatic carbocycles. The van der Waals surface area contributed by atoms with E-state index < -0.39 is 17.6 Å². The molecule has 3 aromatic rings. The van der Waals surface area contributed by atoms with E-state index in [0.717, 1.165) is 18.5 Å². The van der Waals surface area contributed by atoms with Crippen LogP contribution >= 0.6 is 0 Å². The highest BCUT2D eigenvalue weighted by Gasteiger charge is 2.34. The Hall–Kier alpha value is -3.81. The first-order valence-electron chi connectivity index (χ1n) is 10.5. The molecule has 4 N–H and O–H groups in total. The normalized spacial score (nSPS) is 13.1. The van der Waals surface area contributed by atoms with Crippen molar-refractivity contribution in [2.24, 2.45) is 0 Å². The molecule has 1 aliphatic heterocycles. The quantitative estimate of drug-likeness (QED) is 0.497. The number of hydrogen-bond donors (Lipinski definition) is 2. The van der Waals surface area contributed by atoms with E-state index >= 15 is 0 Å². The lowest BCUT2D eigenvalue weighted by molar-refractivity contribution is -0.137. The average molecular weight is 454 g/mol. The van der Waals surface area contributed by atoms with Gasteiger partial charge in [-0.05, 0) is 42.2 Å². The fourth-order valence-electron chi connectivity index (χ4n) is 3.70. The van der Waals surface area contributed by atoms with Crippen LogP contribution in [0.2, 0.25) is 0 Å². The molecule has 0 saturated heterocycles. The number of anilines is 3. The molecule has 2 heterocycles. The number of fused-ring (bicyclic) bond motifs is 1. The van der Waals surface area contributed by atoms with Crippen LogP contribution in [0.4, 0.5) is 30.6 Å². The summed E-state index contributed by atoms with van der Waals surface area (Å²) >= 11 is 0.